The van der Waals surface area contributed by atoms with Gasteiger partial charge in [0.1, 0.15) is 46.0 Å². The average molecular weight is 960 g/mol. The average Bonchev–Trinajstić information content (AvgIpc) is 4.30. The summed E-state index contributed by atoms with van der Waals surface area (Å²) in [6.45, 7) is 0. The van der Waals surface area contributed by atoms with Crippen molar-refractivity contribution in [3.63, 3.8) is 0 Å². The molecule has 10 aromatic carbocycles. The third-order valence-electron chi connectivity index (χ3n) is 13.5. The van der Waals surface area contributed by atoms with E-state index in [-0.39, 0.29) is 0 Å². The molecule has 0 atom stereocenters. The van der Waals surface area contributed by atoms with Gasteiger partial charge in [-0.1, -0.05) is 121 Å². The monoisotopic (exact) mass is 960 g/mol. The molecule has 0 bridgehead atoms. The van der Waals surface area contributed by atoms with Gasteiger partial charge in [0.15, 0.2) is 0 Å². The Morgan fingerprint density at radius 1 is 0.189 bits per heavy atom. The minimum Gasteiger partial charge on any atom is -0.519 e. The number of nitrogens with zero attached hydrogens (tertiary/aromatic N) is 2. The van der Waals surface area contributed by atoms with Crippen molar-refractivity contribution in [1.82, 2.24) is 0 Å². The van der Waals surface area contributed by atoms with Crippen LogP contribution in [0, 0.1) is 0 Å². The third-order valence-corrected chi connectivity index (χ3v) is 13.5. The molecule has 0 saturated heterocycles. The second-order valence-electron chi connectivity index (χ2n) is 18.2. The minimum absolute atomic E-state index is 0.528. The first-order valence-corrected chi connectivity index (χ1v) is 24.5. The van der Waals surface area contributed by atoms with Gasteiger partial charge in [0.2, 0.25) is 0 Å². The van der Waals surface area contributed by atoms with Gasteiger partial charge in [-0.2, -0.15) is 0 Å². The highest BCUT2D eigenvalue weighted by Crippen LogP contribution is 2.40. The van der Waals surface area contributed by atoms with E-state index in [0.717, 1.165) is 113 Å². The van der Waals surface area contributed by atoms with Crippen LogP contribution in [0.3, 0.4) is 0 Å². The molecule has 0 amide bonds. The van der Waals surface area contributed by atoms with Gasteiger partial charge in [-0.25, -0.2) is 0 Å². The van der Waals surface area contributed by atoms with Gasteiger partial charge >= 0.3 is 28.5 Å². The molecule has 0 radical (unpaired) electrons. The molecular formula is C60H40B4N2O8. The summed E-state index contributed by atoms with van der Waals surface area (Å²) in [4.78, 5) is 4.47. The zero-order valence-electron chi connectivity index (χ0n) is 39.6. The SMILES string of the molecule is c1ccc2c(c1)OB(c1ccc(N(c3ccc(B4Oc5ccccc5O4)cc3)c3ccc(-c4ccc(N(c5ccc(B6Oc7ccccc7O6)cc5)c5ccc(B6Oc7ccccc7O6)cc5)cc4)cc3)cc1)O2. The van der Waals surface area contributed by atoms with E-state index in [1.54, 1.807) is 0 Å². The first kappa shape index (κ1) is 43.3. The second kappa shape index (κ2) is 18.3. The van der Waals surface area contributed by atoms with Gasteiger partial charge in [-0.3, -0.25) is 0 Å². The Labute approximate surface area is 429 Å². The number of hydrogen-bond donors (Lipinski definition) is 0. The molecular weight excluding hydrogens is 920 g/mol. The summed E-state index contributed by atoms with van der Waals surface area (Å²) < 4.78 is 49.2. The van der Waals surface area contributed by atoms with Crippen LogP contribution < -0.4 is 68.9 Å². The molecule has 74 heavy (non-hydrogen) atoms. The Bertz CT molecular complexity index is 3130. The van der Waals surface area contributed by atoms with Gasteiger partial charge in [0.05, 0.1) is 0 Å². The second-order valence-corrected chi connectivity index (χ2v) is 18.2. The fourth-order valence-electron chi connectivity index (χ4n) is 9.77. The lowest BCUT2D eigenvalue weighted by atomic mass is 9.79. The molecule has 4 heterocycles. The minimum atomic E-state index is -0.528. The Balaban J connectivity index is 0.749. The van der Waals surface area contributed by atoms with E-state index < -0.39 is 28.5 Å². The number of benzene rings is 10. The number of para-hydroxylation sites is 8. The van der Waals surface area contributed by atoms with Crippen LogP contribution in [0.1, 0.15) is 0 Å². The molecule has 4 aliphatic rings. The Morgan fingerprint density at radius 3 is 0.527 bits per heavy atom. The first-order chi connectivity index (χ1) is 36.6. The van der Waals surface area contributed by atoms with Crippen molar-refractivity contribution in [2.24, 2.45) is 0 Å². The summed E-state index contributed by atoms with van der Waals surface area (Å²) in [6.07, 6.45) is 0. The maximum atomic E-state index is 6.15. The summed E-state index contributed by atoms with van der Waals surface area (Å²) in [6, 6.07) is 81.5. The number of fused-ring (bicyclic) bond motifs is 4. The molecule has 10 nitrogen and oxygen atoms in total. The molecule has 14 heteroatoms. The van der Waals surface area contributed by atoms with Crippen molar-refractivity contribution in [2.75, 3.05) is 9.80 Å². The molecule has 10 aromatic rings. The van der Waals surface area contributed by atoms with E-state index >= 15 is 0 Å². The maximum Gasteiger partial charge on any atom is 0.632 e. The van der Waals surface area contributed by atoms with Crippen LogP contribution in [-0.2, 0) is 0 Å². The zero-order chi connectivity index (χ0) is 49.0. The lowest BCUT2D eigenvalue weighted by Crippen LogP contribution is -2.39. The van der Waals surface area contributed by atoms with Crippen LogP contribution in [0.5, 0.6) is 46.0 Å². The van der Waals surface area contributed by atoms with Gasteiger partial charge in [0.25, 0.3) is 0 Å². The van der Waals surface area contributed by atoms with Crippen molar-refractivity contribution in [3.05, 3.63) is 243 Å². The van der Waals surface area contributed by atoms with Crippen molar-refractivity contribution in [2.45, 2.75) is 0 Å². The number of anilines is 6. The van der Waals surface area contributed by atoms with Crippen molar-refractivity contribution >= 4 is 84.4 Å². The molecule has 0 aromatic heterocycles. The van der Waals surface area contributed by atoms with Crippen LogP contribution in [0.15, 0.2) is 243 Å². The van der Waals surface area contributed by atoms with E-state index in [1.165, 1.54) is 0 Å². The summed E-state index contributed by atoms with van der Waals surface area (Å²) in [5.41, 5.74) is 11.7. The topological polar surface area (TPSA) is 80.3 Å². The van der Waals surface area contributed by atoms with Crippen molar-refractivity contribution in [3.8, 4) is 57.1 Å². The number of rotatable bonds is 11. The smallest absolute Gasteiger partial charge is 0.519 e. The van der Waals surface area contributed by atoms with E-state index in [2.05, 4.69) is 155 Å². The van der Waals surface area contributed by atoms with Crippen LogP contribution >= 0.6 is 0 Å². The Kier molecular flexibility index (Phi) is 10.7. The zero-order valence-corrected chi connectivity index (χ0v) is 39.6. The molecule has 0 aliphatic carbocycles. The first-order valence-electron chi connectivity index (χ1n) is 24.5. The molecule has 0 saturated carbocycles. The maximum absolute atomic E-state index is 6.15. The summed E-state index contributed by atoms with van der Waals surface area (Å²) >= 11 is 0. The predicted molar refractivity (Wildman–Crippen MR) is 294 cm³/mol. The largest absolute Gasteiger partial charge is 0.632 e. The van der Waals surface area contributed by atoms with Crippen LogP contribution in [-0.4, -0.2) is 28.5 Å². The van der Waals surface area contributed by atoms with Gasteiger partial charge in [-0.15, -0.1) is 0 Å². The van der Waals surface area contributed by atoms with Gasteiger partial charge in [0, 0.05) is 56.0 Å². The summed E-state index contributed by atoms with van der Waals surface area (Å²) in [5.74, 6) is 5.89. The van der Waals surface area contributed by atoms with Crippen LogP contribution in [0.4, 0.5) is 34.1 Å². The predicted octanol–water partition coefficient (Wildman–Crippen LogP) is 11.0. The number of hydrogen-bond acceptors (Lipinski definition) is 10. The molecule has 4 aliphatic heterocycles. The van der Waals surface area contributed by atoms with E-state index in [4.69, 9.17) is 37.2 Å². The fraction of sp³-hybridized carbons (Fsp3) is 0. The normalized spacial score (nSPS) is 13.4. The quantitative estimate of drug-likeness (QED) is 0.117. The molecule has 0 N–H and O–H groups in total. The third kappa shape index (κ3) is 8.12. The molecule has 14 rings (SSSR count). The lowest BCUT2D eigenvalue weighted by molar-refractivity contribution is 0.518. The van der Waals surface area contributed by atoms with Gasteiger partial charge in [-0.05, 0) is 132 Å². The van der Waals surface area contributed by atoms with Crippen LogP contribution in [0.25, 0.3) is 11.1 Å². The van der Waals surface area contributed by atoms with E-state index in [9.17, 15) is 0 Å². The van der Waals surface area contributed by atoms with Gasteiger partial charge < -0.3 is 47.0 Å². The molecule has 350 valence electrons. The standard InChI is InChI=1S/C60H40B4N2O8/c1-2-10-54-53(9-1)67-61(68-54)43-21-33-49(34-22-43)65(50-35-23-44(24-36-50)62-69-55-11-3-4-12-56(55)70-62)47-29-17-41(18-30-47)42-19-31-48(32-20-42)66(51-37-25-45(26-38-51)63-71-57-13-5-6-14-58(57)72-63)52-39-27-46(28-40-52)64-73-59-15-7-8-16-60(59)74-64/h1-40H. The highest BCUT2D eigenvalue weighted by molar-refractivity contribution is 6.65. The fourth-order valence-corrected chi connectivity index (χ4v) is 9.77. The van der Waals surface area contributed by atoms with E-state index in [0.29, 0.717) is 0 Å². The highest BCUT2D eigenvalue weighted by atomic mass is 16.6. The molecule has 0 fully saturated rings. The molecule has 0 spiro atoms. The summed E-state index contributed by atoms with van der Waals surface area (Å²) in [7, 11) is -2.11. The van der Waals surface area contributed by atoms with Crippen molar-refractivity contribution < 1.29 is 37.2 Å². The summed E-state index contributed by atoms with van der Waals surface area (Å²) in [5, 5.41) is 0. The Morgan fingerprint density at radius 2 is 0.351 bits per heavy atom. The van der Waals surface area contributed by atoms with Crippen LogP contribution in [0.2, 0.25) is 0 Å². The van der Waals surface area contributed by atoms with E-state index in [1.807, 2.05) is 97.1 Å². The highest BCUT2D eigenvalue weighted by Gasteiger charge is 2.37. The van der Waals surface area contributed by atoms with Crippen molar-refractivity contribution in [1.29, 1.82) is 0 Å². The lowest BCUT2D eigenvalue weighted by Gasteiger charge is -2.27. The Hall–Kier alpha value is -9.54. The molecule has 0 unspecified atom stereocenters.